The number of benzene rings is 1. The summed E-state index contributed by atoms with van der Waals surface area (Å²) in [6.45, 7) is 7.09. The number of hydrogen-bond donors (Lipinski definition) is 1. The van der Waals surface area contributed by atoms with Gasteiger partial charge in [-0.2, -0.15) is 0 Å². The van der Waals surface area contributed by atoms with Crippen molar-refractivity contribution >= 4 is 55.7 Å². The van der Waals surface area contributed by atoms with Crippen molar-refractivity contribution in [1.82, 2.24) is 4.98 Å². The van der Waals surface area contributed by atoms with Crippen LogP contribution in [0.5, 0.6) is 0 Å². The fourth-order valence-electron chi connectivity index (χ4n) is 2.20. The Labute approximate surface area is 131 Å². The lowest BCUT2D eigenvalue weighted by molar-refractivity contribution is 1.03. The second-order valence-electron chi connectivity index (χ2n) is 4.32. The van der Waals surface area contributed by atoms with Crippen LogP contribution in [0.2, 0.25) is 10.0 Å². The standard InChI is InChI=1S/C14H15BrCl2N2/c1-4-10-7(3)13(18-5-2)8-6-9(15)11(16)12(17)14(8)19-10/h6H,4-5H2,1-3H3,(H,18,19). The monoisotopic (exact) mass is 360 g/mol. The molecule has 0 aliphatic carbocycles. The summed E-state index contributed by atoms with van der Waals surface area (Å²) < 4.78 is 0.788. The van der Waals surface area contributed by atoms with Crippen LogP contribution in [-0.4, -0.2) is 11.5 Å². The van der Waals surface area contributed by atoms with Crippen LogP contribution in [0.1, 0.15) is 25.1 Å². The highest BCUT2D eigenvalue weighted by molar-refractivity contribution is 9.10. The van der Waals surface area contributed by atoms with Gasteiger partial charge in [-0.05, 0) is 47.8 Å². The number of aromatic nitrogens is 1. The maximum absolute atomic E-state index is 6.33. The summed E-state index contributed by atoms with van der Waals surface area (Å²) in [5, 5.41) is 5.41. The van der Waals surface area contributed by atoms with E-state index < -0.39 is 0 Å². The second-order valence-corrected chi connectivity index (χ2v) is 5.94. The smallest absolute Gasteiger partial charge is 0.0928 e. The van der Waals surface area contributed by atoms with Gasteiger partial charge in [-0.15, -0.1) is 0 Å². The number of rotatable bonds is 3. The predicted molar refractivity (Wildman–Crippen MR) is 87.7 cm³/mol. The minimum Gasteiger partial charge on any atom is -0.385 e. The number of nitrogens with one attached hydrogen (secondary N) is 1. The number of halogens is 3. The number of pyridine rings is 1. The lowest BCUT2D eigenvalue weighted by Crippen LogP contribution is -2.04. The van der Waals surface area contributed by atoms with E-state index in [0.717, 1.165) is 39.7 Å². The molecule has 0 aliphatic rings. The summed E-state index contributed by atoms with van der Waals surface area (Å²) in [5.41, 5.74) is 4.06. The summed E-state index contributed by atoms with van der Waals surface area (Å²) in [6.07, 6.45) is 0.865. The van der Waals surface area contributed by atoms with E-state index >= 15 is 0 Å². The Morgan fingerprint density at radius 1 is 1.26 bits per heavy atom. The van der Waals surface area contributed by atoms with E-state index in [1.165, 1.54) is 5.56 Å². The molecule has 1 aromatic carbocycles. The molecule has 5 heteroatoms. The number of aryl methyl sites for hydroxylation is 1. The lowest BCUT2D eigenvalue weighted by Gasteiger charge is -2.16. The first kappa shape index (κ1) is 14.9. The zero-order valence-corrected chi connectivity index (χ0v) is 14.2. The van der Waals surface area contributed by atoms with Gasteiger partial charge in [0.05, 0.1) is 15.6 Å². The van der Waals surface area contributed by atoms with Gasteiger partial charge in [-0.25, -0.2) is 0 Å². The minimum atomic E-state index is 0.500. The highest BCUT2D eigenvalue weighted by Crippen LogP contribution is 2.40. The molecule has 0 saturated heterocycles. The second kappa shape index (κ2) is 5.86. The third kappa shape index (κ3) is 2.56. The van der Waals surface area contributed by atoms with Crippen molar-refractivity contribution in [2.24, 2.45) is 0 Å². The van der Waals surface area contributed by atoms with E-state index in [2.05, 4.69) is 47.0 Å². The van der Waals surface area contributed by atoms with Crippen LogP contribution in [-0.2, 0) is 6.42 Å². The molecule has 0 saturated carbocycles. The molecule has 0 bridgehead atoms. The maximum Gasteiger partial charge on any atom is 0.0928 e. The molecule has 0 amide bonds. The Balaban J connectivity index is 2.91. The SMILES string of the molecule is CCNc1c(C)c(CC)nc2c(Cl)c(Cl)c(Br)cc12. The average Bonchev–Trinajstić information content (AvgIpc) is 2.40. The molecule has 0 spiro atoms. The zero-order valence-electron chi connectivity index (χ0n) is 11.1. The van der Waals surface area contributed by atoms with Crippen LogP contribution in [0.3, 0.4) is 0 Å². The Morgan fingerprint density at radius 3 is 2.53 bits per heavy atom. The van der Waals surface area contributed by atoms with Gasteiger partial charge < -0.3 is 5.32 Å². The van der Waals surface area contributed by atoms with E-state index in [0.29, 0.717) is 10.0 Å². The molecule has 2 aromatic rings. The first-order valence-electron chi connectivity index (χ1n) is 6.21. The summed E-state index contributed by atoms with van der Waals surface area (Å²) in [5.74, 6) is 0. The Morgan fingerprint density at radius 2 is 1.95 bits per heavy atom. The molecule has 0 atom stereocenters. The van der Waals surface area contributed by atoms with Crippen molar-refractivity contribution < 1.29 is 0 Å². The van der Waals surface area contributed by atoms with Gasteiger partial charge in [-0.1, -0.05) is 30.1 Å². The Kier molecular flexibility index (Phi) is 4.59. The number of anilines is 1. The van der Waals surface area contributed by atoms with Gasteiger partial charge in [0.15, 0.2) is 0 Å². The van der Waals surface area contributed by atoms with E-state index in [-0.39, 0.29) is 0 Å². The predicted octanol–water partition coefficient (Wildman–Crippen LogP) is 5.61. The Hall–Kier alpha value is -0.510. The first-order valence-corrected chi connectivity index (χ1v) is 7.76. The van der Waals surface area contributed by atoms with E-state index in [1.807, 2.05) is 6.07 Å². The fraction of sp³-hybridized carbons (Fsp3) is 0.357. The van der Waals surface area contributed by atoms with Crippen molar-refractivity contribution in [3.8, 4) is 0 Å². The number of fused-ring (bicyclic) bond motifs is 1. The van der Waals surface area contributed by atoms with Crippen molar-refractivity contribution in [2.45, 2.75) is 27.2 Å². The number of nitrogens with zero attached hydrogens (tertiary/aromatic N) is 1. The van der Waals surface area contributed by atoms with Crippen LogP contribution in [0.15, 0.2) is 10.5 Å². The zero-order chi connectivity index (χ0) is 14.2. The van der Waals surface area contributed by atoms with E-state index in [9.17, 15) is 0 Å². The Bertz CT molecular complexity index is 641. The minimum absolute atomic E-state index is 0.500. The quantitative estimate of drug-likeness (QED) is 0.719. The molecule has 2 nitrogen and oxygen atoms in total. The normalized spacial score (nSPS) is 11.1. The molecule has 19 heavy (non-hydrogen) atoms. The molecule has 102 valence electrons. The summed E-state index contributed by atoms with van der Waals surface area (Å²) in [4.78, 5) is 4.66. The molecule has 0 radical (unpaired) electrons. The molecule has 1 heterocycles. The van der Waals surface area contributed by atoms with Crippen LogP contribution < -0.4 is 5.32 Å². The molecule has 0 unspecified atom stereocenters. The summed E-state index contributed by atoms with van der Waals surface area (Å²) in [7, 11) is 0. The summed E-state index contributed by atoms with van der Waals surface area (Å²) in [6, 6.07) is 1.97. The third-order valence-electron chi connectivity index (χ3n) is 3.15. The van der Waals surface area contributed by atoms with Gasteiger partial charge in [-0.3, -0.25) is 4.98 Å². The molecule has 1 aromatic heterocycles. The van der Waals surface area contributed by atoms with Gasteiger partial charge in [0, 0.05) is 27.8 Å². The molecule has 2 rings (SSSR count). The average molecular weight is 362 g/mol. The largest absolute Gasteiger partial charge is 0.385 e. The van der Waals surface area contributed by atoms with Crippen molar-refractivity contribution in [2.75, 3.05) is 11.9 Å². The number of hydrogen-bond acceptors (Lipinski definition) is 2. The van der Waals surface area contributed by atoms with Crippen LogP contribution >= 0.6 is 39.1 Å². The van der Waals surface area contributed by atoms with Gasteiger partial charge in [0.25, 0.3) is 0 Å². The van der Waals surface area contributed by atoms with Gasteiger partial charge in [0.1, 0.15) is 0 Å². The molecule has 1 N–H and O–H groups in total. The lowest BCUT2D eigenvalue weighted by atomic mass is 10.1. The van der Waals surface area contributed by atoms with Crippen LogP contribution in [0.4, 0.5) is 5.69 Å². The van der Waals surface area contributed by atoms with Crippen LogP contribution in [0.25, 0.3) is 10.9 Å². The van der Waals surface area contributed by atoms with Crippen molar-refractivity contribution in [3.63, 3.8) is 0 Å². The first-order chi connectivity index (χ1) is 9.01. The molecule has 0 aliphatic heterocycles. The fourth-order valence-corrected chi connectivity index (χ4v) is 3.13. The maximum atomic E-state index is 6.33. The molecule has 0 fully saturated rings. The van der Waals surface area contributed by atoms with E-state index in [4.69, 9.17) is 23.2 Å². The highest BCUT2D eigenvalue weighted by atomic mass is 79.9. The van der Waals surface area contributed by atoms with Gasteiger partial charge in [0.2, 0.25) is 0 Å². The molecular weight excluding hydrogens is 347 g/mol. The van der Waals surface area contributed by atoms with Crippen LogP contribution in [0, 0.1) is 6.92 Å². The van der Waals surface area contributed by atoms with E-state index in [1.54, 1.807) is 0 Å². The van der Waals surface area contributed by atoms with Crippen molar-refractivity contribution in [3.05, 3.63) is 31.8 Å². The van der Waals surface area contributed by atoms with Gasteiger partial charge >= 0.3 is 0 Å². The summed E-state index contributed by atoms with van der Waals surface area (Å²) >= 11 is 16.0. The topological polar surface area (TPSA) is 24.9 Å². The highest BCUT2D eigenvalue weighted by Gasteiger charge is 2.16. The van der Waals surface area contributed by atoms with Crippen molar-refractivity contribution in [1.29, 1.82) is 0 Å². The third-order valence-corrected chi connectivity index (χ3v) is 4.86. The molecular formula is C14H15BrCl2N2.